The van der Waals surface area contributed by atoms with E-state index in [1.54, 1.807) is 17.0 Å². The summed E-state index contributed by atoms with van der Waals surface area (Å²) in [5.41, 5.74) is 2.75. The Morgan fingerprint density at radius 1 is 1.04 bits per heavy atom. The van der Waals surface area contributed by atoms with Crippen LogP contribution < -0.4 is 0 Å². The van der Waals surface area contributed by atoms with Gasteiger partial charge in [0.1, 0.15) is 0 Å². The van der Waals surface area contributed by atoms with Crippen LogP contribution >= 0.6 is 11.6 Å². The molecule has 0 unspecified atom stereocenters. The molecule has 4 rings (SSSR count). The first-order valence-electron chi connectivity index (χ1n) is 9.54. The summed E-state index contributed by atoms with van der Waals surface area (Å²) < 4.78 is 5.40. The summed E-state index contributed by atoms with van der Waals surface area (Å²) in [7, 11) is 0. The van der Waals surface area contributed by atoms with Crippen molar-refractivity contribution >= 4 is 29.1 Å². The highest BCUT2D eigenvalue weighted by atomic mass is 35.5. The van der Waals surface area contributed by atoms with Crippen molar-refractivity contribution in [2.24, 2.45) is 0 Å². The molecule has 0 bridgehead atoms. The Labute approximate surface area is 169 Å². The van der Waals surface area contributed by atoms with Crippen molar-refractivity contribution < 1.29 is 14.3 Å². The second-order valence-corrected chi connectivity index (χ2v) is 7.79. The molecule has 0 N–H and O–H groups in total. The molecule has 2 aromatic rings. The van der Waals surface area contributed by atoms with Crippen LogP contribution in [0.2, 0.25) is 5.02 Å². The number of hydrogen-bond donors (Lipinski definition) is 0. The van der Waals surface area contributed by atoms with Crippen LogP contribution in [0.25, 0.3) is 5.57 Å². The van der Waals surface area contributed by atoms with E-state index in [9.17, 15) is 9.59 Å². The van der Waals surface area contributed by atoms with Gasteiger partial charge in [-0.2, -0.15) is 0 Å². The Morgan fingerprint density at radius 3 is 2.36 bits per heavy atom. The molecule has 1 saturated carbocycles. The number of hydrogen-bond acceptors (Lipinski definition) is 3. The summed E-state index contributed by atoms with van der Waals surface area (Å²) in [6.07, 6.45) is 4.37. The molecule has 5 heteroatoms. The van der Waals surface area contributed by atoms with Crippen LogP contribution in [0.3, 0.4) is 0 Å². The van der Waals surface area contributed by atoms with Crippen molar-refractivity contribution in [1.82, 2.24) is 4.90 Å². The van der Waals surface area contributed by atoms with Gasteiger partial charge >= 0.3 is 5.97 Å². The smallest absolute Gasteiger partial charge is 0.317 e. The highest BCUT2D eigenvalue weighted by Gasteiger charge is 2.52. The van der Waals surface area contributed by atoms with Gasteiger partial charge in [0.2, 0.25) is 0 Å². The molecule has 2 aromatic carbocycles. The summed E-state index contributed by atoms with van der Waals surface area (Å²) in [5.74, 6) is -0.468. The van der Waals surface area contributed by atoms with Gasteiger partial charge in [-0.05, 0) is 48.1 Å². The van der Waals surface area contributed by atoms with Gasteiger partial charge in [0.15, 0.2) is 6.61 Å². The summed E-state index contributed by atoms with van der Waals surface area (Å²) in [6.45, 7) is 0.977. The lowest BCUT2D eigenvalue weighted by Gasteiger charge is -2.27. The van der Waals surface area contributed by atoms with E-state index in [2.05, 4.69) is 18.2 Å². The van der Waals surface area contributed by atoms with Crippen LogP contribution in [0.1, 0.15) is 30.4 Å². The van der Waals surface area contributed by atoms with E-state index in [4.69, 9.17) is 16.3 Å². The summed E-state index contributed by atoms with van der Waals surface area (Å²) in [5, 5.41) is 0.635. The van der Waals surface area contributed by atoms with Gasteiger partial charge in [-0.15, -0.1) is 0 Å². The fraction of sp³-hybridized carbons (Fsp3) is 0.304. The lowest BCUT2D eigenvalue weighted by atomic mass is 9.96. The Kier molecular flexibility index (Phi) is 5.23. The minimum atomic E-state index is -0.604. The van der Waals surface area contributed by atoms with Crippen LogP contribution in [-0.4, -0.2) is 36.5 Å². The fourth-order valence-corrected chi connectivity index (χ4v) is 3.80. The lowest BCUT2D eigenvalue weighted by Crippen LogP contribution is -2.38. The van der Waals surface area contributed by atoms with Crippen molar-refractivity contribution in [3.05, 3.63) is 76.8 Å². The third kappa shape index (κ3) is 3.83. The molecular formula is C23H22ClNO3. The maximum atomic E-state index is 12.6. The molecular weight excluding hydrogens is 374 g/mol. The van der Waals surface area contributed by atoms with E-state index in [0.29, 0.717) is 18.1 Å². The SMILES string of the molecule is O=C(COC(=O)C1(c2ccc(Cl)cc2)CC1)N1CC=C(c2ccccc2)CC1. The van der Waals surface area contributed by atoms with Crippen molar-refractivity contribution in [1.29, 1.82) is 0 Å². The predicted molar refractivity (Wildman–Crippen MR) is 109 cm³/mol. The number of carbonyl (C=O) groups excluding carboxylic acids is 2. The molecule has 0 saturated heterocycles. The molecule has 1 amide bonds. The quantitative estimate of drug-likeness (QED) is 0.712. The van der Waals surface area contributed by atoms with Gasteiger partial charge in [-0.3, -0.25) is 9.59 Å². The number of ether oxygens (including phenoxy) is 1. The molecule has 144 valence electrons. The molecule has 28 heavy (non-hydrogen) atoms. The average Bonchev–Trinajstić information content (AvgIpc) is 3.55. The first-order chi connectivity index (χ1) is 13.6. The number of esters is 1. The lowest BCUT2D eigenvalue weighted by molar-refractivity contribution is -0.154. The van der Waals surface area contributed by atoms with Crippen LogP contribution in [0, 0.1) is 0 Å². The Bertz CT molecular complexity index is 901. The van der Waals surface area contributed by atoms with E-state index in [1.165, 1.54) is 11.1 Å². The van der Waals surface area contributed by atoms with E-state index in [1.807, 2.05) is 30.3 Å². The second-order valence-electron chi connectivity index (χ2n) is 7.35. The zero-order valence-electron chi connectivity index (χ0n) is 15.6. The largest absolute Gasteiger partial charge is 0.455 e. The highest BCUT2D eigenvalue weighted by molar-refractivity contribution is 6.30. The number of amides is 1. The Morgan fingerprint density at radius 2 is 1.75 bits per heavy atom. The zero-order chi connectivity index (χ0) is 19.6. The molecule has 1 aliphatic carbocycles. The minimum absolute atomic E-state index is 0.149. The number of carbonyl (C=O) groups is 2. The summed E-state index contributed by atoms with van der Waals surface area (Å²) in [6, 6.07) is 17.5. The van der Waals surface area contributed by atoms with Gasteiger partial charge in [0, 0.05) is 18.1 Å². The molecule has 2 aliphatic rings. The topological polar surface area (TPSA) is 46.6 Å². The third-order valence-corrected chi connectivity index (χ3v) is 5.82. The monoisotopic (exact) mass is 395 g/mol. The van der Waals surface area contributed by atoms with Crippen molar-refractivity contribution in [3.8, 4) is 0 Å². The molecule has 0 aromatic heterocycles. The van der Waals surface area contributed by atoms with Gasteiger partial charge in [0.25, 0.3) is 5.91 Å². The van der Waals surface area contributed by atoms with Crippen molar-refractivity contribution in [2.75, 3.05) is 19.7 Å². The molecule has 1 heterocycles. The summed E-state index contributed by atoms with van der Waals surface area (Å²) in [4.78, 5) is 26.8. The van der Waals surface area contributed by atoms with Crippen LogP contribution in [-0.2, 0) is 19.7 Å². The standard InChI is InChI=1S/C23H22ClNO3/c24-20-8-6-19(7-9-20)23(12-13-23)22(27)28-16-21(26)25-14-10-18(11-15-25)17-4-2-1-3-5-17/h1-10H,11-16H2. The van der Waals surface area contributed by atoms with E-state index in [-0.39, 0.29) is 18.5 Å². The van der Waals surface area contributed by atoms with E-state index < -0.39 is 5.41 Å². The minimum Gasteiger partial charge on any atom is -0.455 e. The van der Waals surface area contributed by atoms with Gasteiger partial charge in [-0.25, -0.2) is 0 Å². The van der Waals surface area contributed by atoms with Crippen LogP contribution in [0.15, 0.2) is 60.7 Å². The average molecular weight is 396 g/mol. The number of nitrogens with zero attached hydrogens (tertiary/aromatic N) is 1. The maximum Gasteiger partial charge on any atom is 0.317 e. The van der Waals surface area contributed by atoms with Gasteiger partial charge < -0.3 is 9.64 Å². The molecule has 1 aliphatic heterocycles. The number of benzene rings is 2. The van der Waals surface area contributed by atoms with Gasteiger partial charge in [0.05, 0.1) is 5.41 Å². The Hall–Kier alpha value is -2.59. The van der Waals surface area contributed by atoms with Crippen molar-refractivity contribution in [2.45, 2.75) is 24.7 Å². The van der Waals surface area contributed by atoms with Crippen LogP contribution in [0.5, 0.6) is 0 Å². The Balaban J connectivity index is 1.32. The molecule has 4 nitrogen and oxygen atoms in total. The van der Waals surface area contributed by atoms with E-state index >= 15 is 0 Å². The van der Waals surface area contributed by atoms with Gasteiger partial charge in [-0.1, -0.05) is 60.1 Å². The molecule has 0 spiro atoms. The number of rotatable bonds is 5. The zero-order valence-corrected chi connectivity index (χ0v) is 16.3. The summed E-state index contributed by atoms with van der Waals surface area (Å²) >= 11 is 5.93. The normalized spacial score (nSPS) is 17.6. The number of halogens is 1. The van der Waals surface area contributed by atoms with Crippen molar-refractivity contribution in [3.63, 3.8) is 0 Å². The van der Waals surface area contributed by atoms with E-state index in [0.717, 1.165) is 24.8 Å². The first-order valence-corrected chi connectivity index (χ1v) is 9.92. The highest BCUT2D eigenvalue weighted by Crippen LogP contribution is 2.49. The fourth-order valence-electron chi connectivity index (χ4n) is 3.67. The molecule has 1 fully saturated rings. The predicted octanol–water partition coefficient (Wildman–Crippen LogP) is 4.23. The third-order valence-electron chi connectivity index (χ3n) is 5.57. The second kappa shape index (κ2) is 7.80. The van der Waals surface area contributed by atoms with Crippen LogP contribution in [0.4, 0.5) is 0 Å². The first kappa shape index (κ1) is 18.8. The molecule has 0 atom stereocenters. The molecule has 0 radical (unpaired) electrons. The maximum absolute atomic E-state index is 12.6.